The van der Waals surface area contributed by atoms with Crippen LogP contribution in [0.2, 0.25) is 5.02 Å². The first-order valence-electron chi connectivity index (χ1n) is 8.62. The Morgan fingerprint density at radius 2 is 1.96 bits per heavy atom. The predicted molar refractivity (Wildman–Crippen MR) is 100 cm³/mol. The number of nitro groups is 1. The molecule has 0 fully saturated rings. The quantitative estimate of drug-likeness (QED) is 0.440. The second-order valence-corrected chi connectivity index (χ2v) is 7.46. The topological polar surface area (TPSA) is 75.8 Å². The predicted octanol–water partition coefficient (Wildman–Crippen LogP) is 4.58. The zero-order valence-electron chi connectivity index (χ0n) is 14.3. The molecular formula is C19H18ClN3O3. The fourth-order valence-electron chi connectivity index (χ4n) is 4.41. The molecule has 1 aliphatic carbocycles. The highest BCUT2D eigenvalue weighted by Crippen LogP contribution is 2.45. The van der Waals surface area contributed by atoms with Crippen LogP contribution >= 0.6 is 11.6 Å². The van der Waals surface area contributed by atoms with Gasteiger partial charge in [0.05, 0.1) is 9.95 Å². The Bertz CT molecular complexity index is 915. The van der Waals surface area contributed by atoms with Crippen LogP contribution in [0.1, 0.15) is 34.6 Å². The van der Waals surface area contributed by atoms with E-state index in [4.69, 9.17) is 11.6 Å². The fourth-order valence-corrected chi connectivity index (χ4v) is 4.63. The Hall–Kier alpha value is -2.31. The molecule has 2 aliphatic rings. The number of nitro benzene ring substituents is 1. The maximum atomic E-state index is 11.2. The van der Waals surface area contributed by atoms with Gasteiger partial charge in [-0.1, -0.05) is 17.7 Å². The molecule has 2 atom stereocenters. The first-order chi connectivity index (χ1) is 12.5. The maximum absolute atomic E-state index is 11.2. The summed E-state index contributed by atoms with van der Waals surface area (Å²) in [6.07, 6.45) is 2.57. The third-order valence-corrected chi connectivity index (χ3v) is 6.01. The summed E-state index contributed by atoms with van der Waals surface area (Å²) in [5.41, 5.74) is 4.66. The molecule has 6 nitrogen and oxygen atoms in total. The minimum Gasteiger partial charge on any atom is -0.302 e. The van der Waals surface area contributed by atoms with E-state index in [9.17, 15) is 15.0 Å². The molecule has 4 rings (SSSR count). The normalized spacial score (nSPS) is 21.9. The molecular weight excluding hydrogens is 354 g/mol. The smallest absolute Gasteiger partial charge is 0.269 e. The standard InChI is InChI=1S/C19H18ClN3O3/c1-22-7-6-12-9-16(20)17(21-24)10-15(12)19-14-4-3-13(23(25)26)8-11(14)2-5-18(19)22/h3-4,8-10,18-19H,2,5-7H2,1H3. The summed E-state index contributed by atoms with van der Waals surface area (Å²) in [5, 5.41) is 14.6. The number of halogens is 1. The Morgan fingerprint density at radius 3 is 2.69 bits per heavy atom. The molecule has 0 saturated heterocycles. The van der Waals surface area contributed by atoms with E-state index < -0.39 is 0 Å². The Labute approximate surface area is 155 Å². The highest BCUT2D eigenvalue weighted by molar-refractivity contribution is 6.33. The van der Waals surface area contributed by atoms with Crippen LogP contribution in [0.4, 0.5) is 11.4 Å². The number of likely N-dealkylation sites (N-methyl/N-ethyl adjacent to an activating group) is 1. The third kappa shape index (κ3) is 2.70. The summed E-state index contributed by atoms with van der Waals surface area (Å²) in [6.45, 7) is 0.903. The van der Waals surface area contributed by atoms with E-state index in [0.717, 1.165) is 48.1 Å². The van der Waals surface area contributed by atoms with Gasteiger partial charge in [0, 0.05) is 30.6 Å². The fraction of sp³-hybridized carbons (Fsp3) is 0.368. The summed E-state index contributed by atoms with van der Waals surface area (Å²) in [4.78, 5) is 24.3. The van der Waals surface area contributed by atoms with Crippen molar-refractivity contribution in [1.82, 2.24) is 4.90 Å². The van der Waals surface area contributed by atoms with E-state index in [-0.39, 0.29) is 28.3 Å². The summed E-state index contributed by atoms with van der Waals surface area (Å²) in [5.74, 6) is 0.0554. The lowest BCUT2D eigenvalue weighted by atomic mass is 9.74. The van der Waals surface area contributed by atoms with Crippen LogP contribution in [0.3, 0.4) is 0 Å². The average molecular weight is 372 g/mol. The first-order valence-corrected chi connectivity index (χ1v) is 9.00. The van der Waals surface area contributed by atoms with E-state index in [2.05, 4.69) is 17.1 Å². The lowest BCUT2D eigenvalue weighted by Gasteiger charge is -2.38. The van der Waals surface area contributed by atoms with Crippen LogP contribution < -0.4 is 0 Å². The molecule has 2 aromatic rings. The zero-order chi connectivity index (χ0) is 18.4. The van der Waals surface area contributed by atoms with Gasteiger partial charge in [0.15, 0.2) is 0 Å². The lowest BCUT2D eigenvalue weighted by Crippen LogP contribution is -2.39. The number of fused-ring (bicyclic) bond motifs is 5. The van der Waals surface area contributed by atoms with Gasteiger partial charge in [-0.2, -0.15) is 0 Å². The Kier molecular flexibility index (Phi) is 4.25. The third-order valence-electron chi connectivity index (χ3n) is 5.71. The van der Waals surface area contributed by atoms with Crippen LogP contribution in [0.5, 0.6) is 0 Å². The molecule has 0 spiro atoms. The molecule has 1 heterocycles. The molecule has 2 aromatic carbocycles. The second-order valence-electron chi connectivity index (χ2n) is 7.05. The van der Waals surface area contributed by atoms with Crippen molar-refractivity contribution < 1.29 is 4.92 Å². The monoisotopic (exact) mass is 371 g/mol. The number of nitrogens with zero attached hydrogens (tertiary/aromatic N) is 3. The minimum absolute atomic E-state index is 0.0554. The zero-order valence-corrected chi connectivity index (χ0v) is 15.1. The van der Waals surface area contributed by atoms with Gasteiger partial charge in [-0.05, 0) is 65.9 Å². The van der Waals surface area contributed by atoms with E-state index in [0.29, 0.717) is 5.02 Å². The van der Waals surface area contributed by atoms with Crippen molar-refractivity contribution in [2.75, 3.05) is 13.6 Å². The largest absolute Gasteiger partial charge is 0.302 e. The summed E-state index contributed by atoms with van der Waals surface area (Å²) in [6, 6.07) is 9.06. The number of nitroso groups, excluding NO2 is 1. The summed E-state index contributed by atoms with van der Waals surface area (Å²) < 4.78 is 0. The van der Waals surface area contributed by atoms with Gasteiger partial charge in [0.2, 0.25) is 0 Å². The van der Waals surface area contributed by atoms with Crippen molar-refractivity contribution in [1.29, 1.82) is 0 Å². The molecule has 0 saturated carbocycles. The number of hydrogen-bond donors (Lipinski definition) is 0. The van der Waals surface area contributed by atoms with Gasteiger partial charge in [0.1, 0.15) is 5.69 Å². The van der Waals surface area contributed by atoms with Crippen molar-refractivity contribution in [3.8, 4) is 0 Å². The SMILES string of the molecule is CN1CCc2cc(Cl)c(N=O)cc2C2c3ccc([N+](=O)[O-])cc3CCC21. The molecule has 0 bridgehead atoms. The van der Waals surface area contributed by atoms with E-state index >= 15 is 0 Å². The summed E-state index contributed by atoms with van der Waals surface area (Å²) in [7, 11) is 2.11. The molecule has 26 heavy (non-hydrogen) atoms. The lowest BCUT2D eigenvalue weighted by molar-refractivity contribution is -0.384. The molecule has 0 radical (unpaired) electrons. The molecule has 134 valence electrons. The number of hydrogen-bond acceptors (Lipinski definition) is 5. The molecule has 0 N–H and O–H groups in total. The van der Waals surface area contributed by atoms with Crippen LogP contribution in [0.15, 0.2) is 35.5 Å². The van der Waals surface area contributed by atoms with Gasteiger partial charge in [0.25, 0.3) is 5.69 Å². The van der Waals surface area contributed by atoms with Gasteiger partial charge in [-0.25, -0.2) is 0 Å². The van der Waals surface area contributed by atoms with Crippen molar-refractivity contribution in [2.45, 2.75) is 31.2 Å². The highest BCUT2D eigenvalue weighted by atomic mass is 35.5. The van der Waals surface area contributed by atoms with Gasteiger partial charge >= 0.3 is 0 Å². The number of aryl methyl sites for hydroxylation is 1. The molecule has 1 aliphatic heterocycles. The minimum atomic E-state index is -0.353. The first kappa shape index (κ1) is 17.1. The van der Waals surface area contributed by atoms with Crippen molar-refractivity contribution in [2.24, 2.45) is 5.18 Å². The van der Waals surface area contributed by atoms with E-state index in [1.54, 1.807) is 18.2 Å². The van der Waals surface area contributed by atoms with Gasteiger partial charge < -0.3 is 4.90 Å². The molecule has 0 amide bonds. The van der Waals surface area contributed by atoms with Crippen LogP contribution in [0.25, 0.3) is 0 Å². The number of benzene rings is 2. The van der Waals surface area contributed by atoms with Gasteiger partial charge in [-0.3, -0.25) is 10.1 Å². The van der Waals surface area contributed by atoms with Crippen molar-refractivity contribution >= 4 is 23.0 Å². The van der Waals surface area contributed by atoms with Gasteiger partial charge in [-0.15, -0.1) is 4.91 Å². The van der Waals surface area contributed by atoms with Crippen LogP contribution in [-0.4, -0.2) is 29.5 Å². The summed E-state index contributed by atoms with van der Waals surface area (Å²) >= 11 is 6.20. The highest BCUT2D eigenvalue weighted by Gasteiger charge is 2.37. The molecule has 7 heteroatoms. The second kappa shape index (κ2) is 6.45. The average Bonchev–Trinajstić information content (AvgIpc) is 2.77. The number of non-ortho nitro benzene ring substituents is 1. The Morgan fingerprint density at radius 1 is 1.19 bits per heavy atom. The maximum Gasteiger partial charge on any atom is 0.269 e. The number of rotatable bonds is 2. The van der Waals surface area contributed by atoms with Crippen LogP contribution in [-0.2, 0) is 12.8 Å². The Balaban J connectivity index is 1.92. The van der Waals surface area contributed by atoms with Crippen molar-refractivity contribution in [3.63, 3.8) is 0 Å². The van der Waals surface area contributed by atoms with E-state index in [1.807, 2.05) is 12.1 Å². The van der Waals surface area contributed by atoms with E-state index in [1.165, 1.54) is 0 Å². The van der Waals surface area contributed by atoms with Crippen molar-refractivity contribution in [3.05, 3.63) is 72.6 Å². The molecule has 2 unspecified atom stereocenters. The molecule has 0 aromatic heterocycles. The van der Waals surface area contributed by atoms with Crippen LogP contribution in [0, 0.1) is 15.0 Å².